The van der Waals surface area contributed by atoms with Crippen LogP contribution < -0.4 is 0 Å². The summed E-state index contributed by atoms with van der Waals surface area (Å²) in [6.07, 6.45) is 15.2. The highest BCUT2D eigenvalue weighted by atomic mass is 16.6. The molecule has 140 valence electrons. The number of fused-ring (bicyclic) bond motifs is 5. The maximum absolute atomic E-state index is 6.18. The molecule has 8 atom stereocenters. The first kappa shape index (κ1) is 17.1. The molecule has 0 aromatic heterocycles. The van der Waals surface area contributed by atoms with Crippen molar-refractivity contribution >= 4 is 7.12 Å². The lowest BCUT2D eigenvalue weighted by Gasteiger charge is -2.60. The molecule has 5 rings (SSSR count). The number of rotatable bonds is 1. The summed E-state index contributed by atoms with van der Waals surface area (Å²) in [5.41, 5.74) is 1.18. The second kappa shape index (κ2) is 5.99. The third-order valence-electron chi connectivity index (χ3n) is 9.97. The van der Waals surface area contributed by atoms with E-state index in [0.29, 0.717) is 16.9 Å². The van der Waals surface area contributed by atoms with Gasteiger partial charge in [-0.25, -0.2) is 0 Å². The molecule has 0 aromatic carbocycles. The molecule has 4 saturated carbocycles. The molecule has 4 aliphatic carbocycles. The van der Waals surface area contributed by atoms with Gasteiger partial charge < -0.3 is 9.31 Å². The van der Waals surface area contributed by atoms with Gasteiger partial charge in [-0.2, -0.15) is 0 Å². The van der Waals surface area contributed by atoms with E-state index in [9.17, 15) is 0 Å². The van der Waals surface area contributed by atoms with E-state index in [2.05, 4.69) is 20.7 Å². The molecule has 2 nitrogen and oxygen atoms in total. The molecule has 1 aliphatic heterocycles. The van der Waals surface area contributed by atoms with Crippen molar-refractivity contribution in [1.82, 2.24) is 0 Å². The topological polar surface area (TPSA) is 18.5 Å². The zero-order chi connectivity index (χ0) is 17.2. The average molecular weight is 344 g/mol. The fraction of sp³-hybridized carbons (Fsp3) is 1.00. The van der Waals surface area contributed by atoms with Crippen molar-refractivity contribution in [3.8, 4) is 0 Å². The van der Waals surface area contributed by atoms with Crippen molar-refractivity contribution in [2.45, 2.75) is 91.0 Å². The van der Waals surface area contributed by atoms with Crippen LogP contribution in [0.3, 0.4) is 0 Å². The molecule has 25 heavy (non-hydrogen) atoms. The van der Waals surface area contributed by atoms with E-state index in [1.807, 2.05) is 0 Å². The molecule has 0 amide bonds. The lowest BCUT2D eigenvalue weighted by Crippen LogP contribution is -2.53. The van der Waals surface area contributed by atoms with Crippen molar-refractivity contribution in [3.05, 3.63) is 0 Å². The molecule has 5 aliphatic rings. The summed E-state index contributed by atoms with van der Waals surface area (Å²) < 4.78 is 12.0. The van der Waals surface area contributed by atoms with Gasteiger partial charge in [-0.3, -0.25) is 0 Å². The van der Waals surface area contributed by atoms with Crippen LogP contribution in [0.2, 0.25) is 6.82 Å². The quantitative estimate of drug-likeness (QED) is 0.579. The Balaban J connectivity index is 1.39. The lowest BCUT2D eigenvalue weighted by molar-refractivity contribution is -0.117. The van der Waals surface area contributed by atoms with Crippen LogP contribution in [0.15, 0.2) is 0 Å². The van der Waals surface area contributed by atoms with Gasteiger partial charge in [-0.15, -0.1) is 0 Å². The predicted octanol–water partition coefficient (Wildman–Crippen LogP) is 5.57. The Morgan fingerprint density at radius 2 is 1.60 bits per heavy atom. The maximum Gasteiger partial charge on any atom is 0.453 e. The summed E-state index contributed by atoms with van der Waals surface area (Å²) in [5.74, 6) is 4.75. The molecule has 1 heterocycles. The minimum atomic E-state index is 0.0144. The second-order valence-electron chi connectivity index (χ2n) is 10.7. The molecule has 5 fully saturated rings. The zero-order valence-corrected chi connectivity index (χ0v) is 16.6. The van der Waals surface area contributed by atoms with Gasteiger partial charge in [0.1, 0.15) is 0 Å². The van der Waals surface area contributed by atoms with Crippen molar-refractivity contribution in [2.24, 2.45) is 40.4 Å². The molecule has 3 heteroatoms. The fourth-order valence-electron chi connectivity index (χ4n) is 8.71. The van der Waals surface area contributed by atoms with Gasteiger partial charge in [0, 0.05) is 0 Å². The Hall–Kier alpha value is -0.0151. The van der Waals surface area contributed by atoms with Crippen LogP contribution in [-0.2, 0) is 9.31 Å². The molecule has 1 saturated heterocycles. The molecule has 0 radical (unpaired) electrons. The van der Waals surface area contributed by atoms with Gasteiger partial charge in [0.05, 0.1) is 12.7 Å². The first-order chi connectivity index (χ1) is 12.0. The number of hydrogen-bond donors (Lipinski definition) is 0. The normalized spacial score (nSPS) is 55.6. The van der Waals surface area contributed by atoms with E-state index in [4.69, 9.17) is 9.31 Å². The van der Waals surface area contributed by atoms with Crippen molar-refractivity contribution < 1.29 is 9.31 Å². The minimum Gasteiger partial charge on any atom is -0.409 e. The highest BCUT2D eigenvalue weighted by Crippen LogP contribution is 2.68. The monoisotopic (exact) mass is 344 g/mol. The second-order valence-corrected chi connectivity index (χ2v) is 10.7. The van der Waals surface area contributed by atoms with Crippen molar-refractivity contribution in [2.75, 3.05) is 6.61 Å². The van der Waals surface area contributed by atoms with Crippen LogP contribution in [0, 0.1) is 40.4 Å². The molecule has 0 bridgehead atoms. The fourth-order valence-corrected chi connectivity index (χ4v) is 8.71. The lowest BCUT2D eigenvalue weighted by atomic mass is 9.45. The summed E-state index contributed by atoms with van der Waals surface area (Å²) in [5, 5.41) is 0. The van der Waals surface area contributed by atoms with E-state index in [1.165, 1.54) is 64.2 Å². The molecule has 4 unspecified atom stereocenters. The highest BCUT2D eigenvalue weighted by molar-refractivity contribution is 6.43. The predicted molar refractivity (Wildman–Crippen MR) is 102 cm³/mol. The molecule has 0 spiro atoms. The molecule has 0 N–H and O–H groups in total. The summed E-state index contributed by atoms with van der Waals surface area (Å²) >= 11 is 0. The maximum atomic E-state index is 6.18. The summed E-state index contributed by atoms with van der Waals surface area (Å²) in [4.78, 5) is 0. The van der Waals surface area contributed by atoms with Gasteiger partial charge in [0.25, 0.3) is 0 Å². The average Bonchev–Trinajstić information content (AvgIpc) is 3.16. The summed E-state index contributed by atoms with van der Waals surface area (Å²) in [6.45, 7) is 8.23. The van der Waals surface area contributed by atoms with Crippen LogP contribution in [0.1, 0.15) is 78.1 Å². The summed E-state index contributed by atoms with van der Waals surface area (Å²) in [6, 6.07) is 0. The van der Waals surface area contributed by atoms with Crippen LogP contribution in [0.4, 0.5) is 0 Å². The third-order valence-corrected chi connectivity index (χ3v) is 9.97. The smallest absolute Gasteiger partial charge is 0.409 e. The first-order valence-electron chi connectivity index (χ1n) is 11.3. The van der Waals surface area contributed by atoms with Crippen molar-refractivity contribution in [3.63, 3.8) is 0 Å². The molecular formula is C22H37BO2. The van der Waals surface area contributed by atoms with Crippen LogP contribution >= 0.6 is 0 Å². The Bertz CT molecular complexity index is 524. The van der Waals surface area contributed by atoms with Gasteiger partial charge in [0.2, 0.25) is 0 Å². The van der Waals surface area contributed by atoms with Gasteiger partial charge in [-0.1, -0.05) is 26.7 Å². The largest absolute Gasteiger partial charge is 0.453 e. The SMILES string of the molecule is CB1OC[C@@H](C2CCC3C4CC[C@H]5CCCC[C@]5(C)C4CC[C@@]32C)O1. The van der Waals surface area contributed by atoms with Gasteiger partial charge in [0.15, 0.2) is 0 Å². The van der Waals surface area contributed by atoms with Crippen LogP contribution in [0.25, 0.3) is 0 Å². The van der Waals surface area contributed by atoms with Gasteiger partial charge >= 0.3 is 7.12 Å². The Morgan fingerprint density at radius 1 is 0.800 bits per heavy atom. The van der Waals surface area contributed by atoms with E-state index in [0.717, 1.165) is 36.2 Å². The van der Waals surface area contributed by atoms with E-state index >= 15 is 0 Å². The summed E-state index contributed by atoms with van der Waals surface area (Å²) in [7, 11) is 0.0144. The Kier molecular flexibility index (Phi) is 4.10. The minimum absolute atomic E-state index is 0.0144. The van der Waals surface area contributed by atoms with Gasteiger partial charge in [-0.05, 0) is 98.6 Å². The van der Waals surface area contributed by atoms with E-state index in [1.54, 1.807) is 0 Å². The Morgan fingerprint density at radius 3 is 2.40 bits per heavy atom. The van der Waals surface area contributed by atoms with Crippen molar-refractivity contribution in [1.29, 1.82) is 0 Å². The van der Waals surface area contributed by atoms with Crippen LogP contribution in [0.5, 0.6) is 0 Å². The zero-order valence-electron chi connectivity index (χ0n) is 16.6. The standard InChI is InChI=1S/C22H37BO2/c1-21-12-5-4-6-15(21)7-8-16-17-9-10-19(20-14-24-23(3)25-20)22(17,2)13-11-18(16)21/h15-20H,4-14H2,1-3H3/t15-,16?,17?,18?,19?,20+,21+,22+/m1/s1. The third kappa shape index (κ3) is 2.44. The first-order valence-corrected chi connectivity index (χ1v) is 11.3. The molecule has 0 aromatic rings. The highest BCUT2D eigenvalue weighted by Gasteiger charge is 2.61. The van der Waals surface area contributed by atoms with E-state index < -0.39 is 0 Å². The molecular weight excluding hydrogens is 307 g/mol. The van der Waals surface area contributed by atoms with E-state index in [-0.39, 0.29) is 7.12 Å². The Labute approximate surface area is 154 Å². The van der Waals surface area contributed by atoms with Crippen LogP contribution in [-0.4, -0.2) is 19.8 Å². The number of hydrogen-bond acceptors (Lipinski definition) is 2.